The summed E-state index contributed by atoms with van der Waals surface area (Å²) in [5, 5.41) is 12.5. The van der Waals surface area contributed by atoms with Crippen molar-refractivity contribution in [3.8, 4) is 0 Å². The summed E-state index contributed by atoms with van der Waals surface area (Å²) in [7, 11) is 0. The third-order valence-corrected chi connectivity index (χ3v) is 1.60. The minimum atomic E-state index is -0.317. The molecule has 1 aliphatic heterocycles. The molecule has 0 amide bonds. The van der Waals surface area contributed by atoms with E-state index in [1.54, 1.807) is 0 Å². The standard InChI is InChI=1S/C7H15NO2/c1-5(2)8-6-3-10-4-7(6)9/h5-9H,3-4H2,1-2H3/t6-,7-/m0/s1. The van der Waals surface area contributed by atoms with Crippen molar-refractivity contribution in [3.63, 3.8) is 0 Å². The maximum atomic E-state index is 9.25. The van der Waals surface area contributed by atoms with Crippen molar-refractivity contribution in [1.82, 2.24) is 5.32 Å². The van der Waals surface area contributed by atoms with E-state index in [2.05, 4.69) is 19.2 Å². The maximum Gasteiger partial charge on any atom is 0.0948 e. The van der Waals surface area contributed by atoms with Gasteiger partial charge < -0.3 is 15.2 Å². The van der Waals surface area contributed by atoms with E-state index in [-0.39, 0.29) is 12.1 Å². The van der Waals surface area contributed by atoms with Gasteiger partial charge in [-0.1, -0.05) is 13.8 Å². The van der Waals surface area contributed by atoms with Crippen LogP contribution >= 0.6 is 0 Å². The van der Waals surface area contributed by atoms with Crippen molar-refractivity contribution >= 4 is 0 Å². The highest BCUT2D eigenvalue weighted by atomic mass is 16.5. The Kier molecular flexibility index (Phi) is 2.65. The molecule has 0 aromatic rings. The van der Waals surface area contributed by atoms with Crippen LogP contribution in [0.4, 0.5) is 0 Å². The van der Waals surface area contributed by atoms with Crippen LogP contribution < -0.4 is 5.32 Å². The number of rotatable bonds is 2. The molecule has 1 heterocycles. The van der Waals surface area contributed by atoms with Crippen molar-refractivity contribution < 1.29 is 9.84 Å². The third kappa shape index (κ3) is 1.94. The molecule has 2 N–H and O–H groups in total. The number of ether oxygens (including phenoxy) is 1. The summed E-state index contributed by atoms with van der Waals surface area (Å²) in [5.74, 6) is 0. The second-order valence-electron chi connectivity index (χ2n) is 3.03. The summed E-state index contributed by atoms with van der Waals surface area (Å²) < 4.78 is 5.06. The molecule has 0 radical (unpaired) electrons. The first kappa shape index (κ1) is 7.98. The molecular formula is C7H15NO2. The molecule has 0 aliphatic carbocycles. The first-order valence-corrected chi connectivity index (χ1v) is 3.72. The second-order valence-corrected chi connectivity index (χ2v) is 3.03. The molecule has 1 rings (SSSR count). The van der Waals surface area contributed by atoms with Crippen molar-refractivity contribution in [3.05, 3.63) is 0 Å². The summed E-state index contributed by atoms with van der Waals surface area (Å²) in [5.41, 5.74) is 0. The van der Waals surface area contributed by atoms with Crippen LogP contribution in [0.3, 0.4) is 0 Å². The summed E-state index contributed by atoms with van der Waals surface area (Å²) >= 11 is 0. The fourth-order valence-corrected chi connectivity index (χ4v) is 1.13. The highest BCUT2D eigenvalue weighted by Gasteiger charge is 2.25. The molecule has 0 aromatic heterocycles. The smallest absolute Gasteiger partial charge is 0.0948 e. The van der Waals surface area contributed by atoms with Crippen LogP contribution in [0.25, 0.3) is 0 Å². The fraction of sp³-hybridized carbons (Fsp3) is 1.00. The van der Waals surface area contributed by atoms with Gasteiger partial charge in [0.05, 0.1) is 25.4 Å². The van der Waals surface area contributed by atoms with Crippen molar-refractivity contribution in [1.29, 1.82) is 0 Å². The molecule has 3 heteroatoms. The van der Waals surface area contributed by atoms with Crippen molar-refractivity contribution in [2.24, 2.45) is 0 Å². The predicted molar refractivity (Wildman–Crippen MR) is 38.9 cm³/mol. The lowest BCUT2D eigenvalue weighted by Crippen LogP contribution is -2.42. The van der Waals surface area contributed by atoms with Crippen LogP contribution in [0.1, 0.15) is 13.8 Å². The molecule has 1 aliphatic rings. The molecule has 0 unspecified atom stereocenters. The molecule has 0 saturated carbocycles. The fourth-order valence-electron chi connectivity index (χ4n) is 1.13. The van der Waals surface area contributed by atoms with Crippen molar-refractivity contribution in [2.75, 3.05) is 13.2 Å². The van der Waals surface area contributed by atoms with Gasteiger partial charge in [0.2, 0.25) is 0 Å². The molecule has 0 aromatic carbocycles. The van der Waals surface area contributed by atoms with Crippen LogP contribution in [0, 0.1) is 0 Å². The minimum absolute atomic E-state index is 0.139. The average molecular weight is 145 g/mol. The molecular weight excluding hydrogens is 130 g/mol. The summed E-state index contributed by atoms with van der Waals surface area (Å²) in [6.07, 6.45) is -0.317. The third-order valence-electron chi connectivity index (χ3n) is 1.60. The van der Waals surface area contributed by atoms with E-state index >= 15 is 0 Å². The lowest BCUT2D eigenvalue weighted by molar-refractivity contribution is 0.121. The van der Waals surface area contributed by atoms with E-state index in [9.17, 15) is 5.11 Å². The van der Waals surface area contributed by atoms with Gasteiger partial charge in [-0.15, -0.1) is 0 Å². The Hall–Kier alpha value is -0.120. The highest BCUT2D eigenvalue weighted by Crippen LogP contribution is 2.05. The number of hydrogen-bond acceptors (Lipinski definition) is 3. The van der Waals surface area contributed by atoms with Gasteiger partial charge in [-0.3, -0.25) is 0 Å². The Morgan fingerprint density at radius 3 is 2.60 bits per heavy atom. The molecule has 1 fully saturated rings. The first-order chi connectivity index (χ1) is 4.70. The molecule has 3 nitrogen and oxygen atoms in total. The van der Waals surface area contributed by atoms with Gasteiger partial charge >= 0.3 is 0 Å². The molecule has 0 bridgehead atoms. The summed E-state index contributed by atoms with van der Waals surface area (Å²) in [4.78, 5) is 0. The van der Waals surface area contributed by atoms with E-state index < -0.39 is 0 Å². The van der Waals surface area contributed by atoms with E-state index in [0.717, 1.165) is 0 Å². The minimum Gasteiger partial charge on any atom is -0.389 e. The van der Waals surface area contributed by atoms with Crippen LogP contribution in [0.15, 0.2) is 0 Å². The largest absolute Gasteiger partial charge is 0.389 e. The Morgan fingerprint density at radius 1 is 1.50 bits per heavy atom. The predicted octanol–water partition coefficient (Wildman–Crippen LogP) is -0.256. The molecule has 0 spiro atoms. The van der Waals surface area contributed by atoms with Gasteiger partial charge in [-0.2, -0.15) is 0 Å². The number of nitrogens with one attached hydrogen (secondary N) is 1. The molecule has 1 saturated heterocycles. The van der Waals surface area contributed by atoms with Gasteiger partial charge in [0.15, 0.2) is 0 Å². The first-order valence-electron chi connectivity index (χ1n) is 3.72. The van der Waals surface area contributed by atoms with Crippen LogP contribution in [0.5, 0.6) is 0 Å². The van der Waals surface area contributed by atoms with Gasteiger partial charge in [-0.25, -0.2) is 0 Å². The number of hydrogen-bond donors (Lipinski definition) is 2. The molecule has 2 atom stereocenters. The zero-order chi connectivity index (χ0) is 7.56. The topological polar surface area (TPSA) is 41.5 Å². The zero-order valence-corrected chi connectivity index (χ0v) is 6.50. The Bertz CT molecular complexity index is 106. The monoisotopic (exact) mass is 145 g/mol. The SMILES string of the molecule is CC(C)N[C@H]1COC[C@@H]1O. The number of aliphatic hydroxyl groups excluding tert-OH is 1. The number of aliphatic hydroxyl groups is 1. The van der Waals surface area contributed by atoms with E-state index in [4.69, 9.17) is 4.74 Å². The lowest BCUT2D eigenvalue weighted by atomic mass is 10.2. The lowest BCUT2D eigenvalue weighted by Gasteiger charge is -2.16. The summed E-state index contributed by atoms with van der Waals surface area (Å²) in [6, 6.07) is 0.557. The van der Waals surface area contributed by atoms with Crippen LogP contribution in [-0.4, -0.2) is 36.5 Å². The van der Waals surface area contributed by atoms with Crippen molar-refractivity contribution in [2.45, 2.75) is 32.0 Å². The maximum absolute atomic E-state index is 9.25. The van der Waals surface area contributed by atoms with E-state index in [0.29, 0.717) is 19.3 Å². The zero-order valence-electron chi connectivity index (χ0n) is 6.50. The van der Waals surface area contributed by atoms with E-state index in [1.165, 1.54) is 0 Å². The van der Waals surface area contributed by atoms with Crippen LogP contribution in [0.2, 0.25) is 0 Å². The Labute approximate surface area is 61.4 Å². The normalized spacial score (nSPS) is 33.6. The summed E-state index contributed by atoms with van der Waals surface area (Å²) in [6.45, 7) is 5.24. The van der Waals surface area contributed by atoms with E-state index in [1.807, 2.05) is 0 Å². The van der Waals surface area contributed by atoms with Gasteiger partial charge in [0.1, 0.15) is 0 Å². The Balaban J connectivity index is 2.26. The highest BCUT2D eigenvalue weighted by molar-refractivity contribution is 4.81. The van der Waals surface area contributed by atoms with Gasteiger partial charge in [-0.05, 0) is 0 Å². The second kappa shape index (κ2) is 3.32. The van der Waals surface area contributed by atoms with Crippen LogP contribution in [-0.2, 0) is 4.74 Å². The molecule has 60 valence electrons. The molecule has 10 heavy (non-hydrogen) atoms. The quantitative estimate of drug-likeness (QED) is 0.562. The van der Waals surface area contributed by atoms with Gasteiger partial charge in [0.25, 0.3) is 0 Å². The van der Waals surface area contributed by atoms with Gasteiger partial charge in [0, 0.05) is 6.04 Å². The average Bonchev–Trinajstić information content (AvgIpc) is 2.15. The Morgan fingerprint density at radius 2 is 2.20 bits per heavy atom.